The Hall–Kier alpha value is -4.02. The van der Waals surface area contributed by atoms with E-state index < -0.39 is 0 Å². The molecular formula is C27H29N5O5. The van der Waals surface area contributed by atoms with E-state index in [0.29, 0.717) is 43.6 Å². The van der Waals surface area contributed by atoms with Crippen molar-refractivity contribution in [3.63, 3.8) is 0 Å². The van der Waals surface area contributed by atoms with Gasteiger partial charge in [0.25, 0.3) is 0 Å². The molecule has 2 heterocycles. The largest absolute Gasteiger partial charge is 0.487 e. The van der Waals surface area contributed by atoms with Crippen LogP contribution in [0.15, 0.2) is 60.2 Å². The first-order chi connectivity index (χ1) is 18.2. The van der Waals surface area contributed by atoms with Crippen molar-refractivity contribution in [3.8, 4) is 22.8 Å². The van der Waals surface area contributed by atoms with E-state index in [-0.39, 0.29) is 6.04 Å². The van der Waals surface area contributed by atoms with Crippen molar-refractivity contribution in [2.45, 2.75) is 18.9 Å². The summed E-state index contributed by atoms with van der Waals surface area (Å²) < 4.78 is 24.1. The summed E-state index contributed by atoms with van der Waals surface area (Å²) >= 11 is 0. The summed E-state index contributed by atoms with van der Waals surface area (Å²) in [6, 6.07) is 11.5. The molecule has 5 rings (SSSR count). The van der Waals surface area contributed by atoms with Gasteiger partial charge in [0.1, 0.15) is 30.8 Å². The molecule has 1 atom stereocenters. The van der Waals surface area contributed by atoms with Crippen LogP contribution in [0.5, 0.6) is 11.5 Å². The topological polar surface area (TPSA) is 109 Å². The van der Waals surface area contributed by atoms with Gasteiger partial charge in [0, 0.05) is 37.9 Å². The van der Waals surface area contributed by atoms with Gasteiger partial charge in [-0.2, -0.15) is 4.91 Å². The van der Waals surface area contributed by atoms with Gasteiger partial charge in [0.15, 0.2) is 17.1 Å². The summed E-state index contributed by atoms with van der Waals surface area (Å²) in [6.45, 7) is 1.71. The summed E-state index contributed by atoms with van der Waals surface area (Å²) in [7, 11) is 3.26. The molecule has 0 amide bonds. The van der Waals surface area contributed by atoms with E-state index in [1.165, 1.54) is 0 Å². The summed E-state index contributed by atoms with van der Waals surface area (Å²) in [4.78, 5) is 20.2. The smallest absolute Gasteiger partial charge is 0.161 e. The number of hydrogen-bond donors (Lipinski definition) is 1. The number of rotatable bonds is 12. The second kappa shape index (κ2) is 11.4. The number of nitroso groups, excluding NO2 is 1. The molecule has 2 aromatic carbocycles. The Morgan fingerprint density at radius 3 is 2.62 bits per heavy atom. The lowest BCUT2D eigenvalue weighted by atomic mass is 10.1. The van der Waals surface area contributed by atoms with Crippen molar-refractivity contribution in [3.05, 3.63) is 71.0 Å². The molecule has 0 spiro atoms. The molecule has 37 heavy (non-hydrogen) atoms. The molecule has 0 saturated heterocycles. The fraction of sp³-hybridized carbons (Fsp3) is 0.333. The van der Waals surface area contributed by atoms with E-state index in [4.69, 9.17) is 23.9 Å². The van der Waals surface area contributed by atoms with Gasteiger partial charge >= 0.3 is 0 Å². The van der Waals surface area contributed by atoms with Gasteiger partial charge in [0.05, 0.1) is 19.4 Å². The van der Waals surface area contributed by atoms with Gasteiger partial charge in [-0.1, -0.05) is 11.2 Å². The first-order valence-corrected chi connectivity index (χ1v) is 12.1. The van der Waals surface area contributed by atoms with Crippen LogP contribution in [0.2, 0.25) is 0 Å². The van der Waals surface area contributed by atoms with E-state index in [0.717, 1.165) is 46.7 Å². The maximum Gasteiger partial charge on any atom is 0.161 e. The molecule has 0 aliphatic heterocycles. The number of benzene rings is 2. The van der Waals surface area contributed by atoms with E-state index >= 15 is 0 Å². The lowest BCUT2D eigenvalue weighted by molar-refractivity contribution is 0.132. The summed E-state index contributed by atoms with van der Waals surface area (Å²) in [5, 5.41) is 6.81. The molecule has 1 unspecified atom stereocenters. The molecule has 0 saturated carbocycles. The number of hydrogen-bond acceptors (Lipinski definition) is 9. The van der Waals surface area contributed by atoms with Gasteiger partial charge in [0.2, 0.25) is 0 Å². The number of imidazole rings is 1. The predicted molar refractivity (Wildman–Crippen MR) is 140 cm³/mol. The van der Waals surface area contributed by atoms with E-state index in [9.17, 15) is 4.91 Å². The van der Waals surface area contributed by atoms with Crippen LogP contribution in [0.4, 0.5) is 11.5 Å². The van der Waals surface area contributed by atoms with Crippen molar-refractivity contribution in [1.29, 1.82) is 0 Å². The van der Waals surface area contributed by atoms with Crippen LogP contribution in [0.25, 0.3) is 16.9 Å². The van der Waals surface area contributed by atoms with Crippen LogP contribution < -0.4 is 14.8 Å². The number of methoxy groups -OCH3 is 2. The fourth-order valence-electron chi connectivity index (χ4n) is 4.50. The molecule has 1 aliphatic rings. The molecule has 0 radical (unpaired) electrons. The molecule has 4 aromatic rings. The molecule has 10 heteroatoms. The van der Waals surface area contributed by atoms with Crippen LogP contribution >= 0.6 is 0 Å². The normalized spacial score (nSPS) is 14.5. The van der Waals surface area contributed by atoms with Crippen LogP contribution in [-0.4, -0.2) is 55.0 Å². The van der Waals surface area contributed by atoms with Crippen molar-refractivity contribution >= 4 is 17.2 Å². The second-order valence-electron chi connectivity index (χ2n) is 8.66. The highest BCUT2D eigenvalue weighted by Gasteiger charge is 2.24. The summed E-state index contributed by atoms with van der Waals surface area (Å²) in [6.07, 6.45) is 6.89. The molecule has 10 nitrogen and oxygen atoms in total. The number of aryl methyl sites for hydroxylation is 1. The minimum absolute atomic E-state index is 0.261. The number of anilines is 2. The van der Waals surface area contributed by atoms with Gasteiger partial charge in [-0.05, 0) is 54.3 Å². The van der Waals surface area contributed by atoms with Crippen molar-refractivity contribution in [1.82, 2.24) is 14.4 Å². The Labute approximate surface area is 214 Å². The molecule has 1 aliphatic carbocycles. The van der Waals surface area contributed by atoms with E-state index in [1.807, 2.05) is 40.9 Å². The third-order valence-corrected chi connectivity index (χ3v) is 6.32. The highest BCUT2D eigenvalue weighted by atomic mass is 16.5. The maximum absolute atomic E-state index is 11.2. The average molecular weight is 504 g/mol. The number of fused-ring (bicyclic) bond motifs is 2. The Morgan fingerprint density at radius 2 is 1.84 bits per heavy atom. The zero-order valence-corrected chi connectivity index (χ0v) is 20.8. The standard InChI is InChI=1S/C27H29N5O5/c1-34-11-13-36-23-8-4-19(16-24(23)37-14-12-35-2)26-27(32-10-9-28-17-25(32)30-26)29-20-5-6-21-18(15-20)3-7-22(21)31-33/h4-6,8-10,15-17,22,29H,3,7,11-14H2,1-2H3. The number of nitrogens with zero attached hydrogens (tertiary/aromatic N) is 4. The summed E-state index contributed by atoms with van der Waals surface area (Å²) in [5.41, 5.74) is 5.34. The fourth-order valence-corrected chi connectivity index (χ4v) is 4.50. The molecule has 0 bridgehead atoms. The van der Waals surface area contributed by atoms with E-state index in [1.54, 1.807) is 26.6 Å². The highest BCUT2D eigenvalue weighted by Crippen LogP contribution is 2.39. The Kier molecular flexibility index (Phi) is 7.57. The van der Waals surface area contributed by atoms with Crippen LogP contribution in [0, 0.1) is 4.91 Å². The number of nitrogens with one attached hydrogen (secondary N) is 1. The van der Waals surface area contributed by atoms with Crippen LogP contribution in [0.1, 0.15) is 23.6 Å². The number of aromatic nitrogens is 3. The number of ether oxygens (including phenoxy) is 4. The molecular weight excluding hydrogens is 474 g/mol. The van der Waals surface area contributed by atoms with Gasteiger partial charge < -0.3 is 24.3 Å². The predicted octanol–water partition coefficient (Wildman–Crippen LogP) is 4.94. The van der Waals surface area contributed by atoms with Crippen LogP contribution in [0.3, 0.4) is 0 Å². The third kappa shape index (κ3) is 5.25. The third-order valence-electron chi connectivity index (χ3n) is 6.32. The second-order valence-corrected chi connectivity index (χ2v) is 8.66. The SMILES string of the molecule is COCCOc1ccc(-c2nc3cnccn3c2Nc2ccc3c(c2)CCC3N=O)cc1OCCOC. The first kappa shape index (κ1) is 24.7. The minimum atomic E-state index is -0.261. The summed E-state index contributed by atoms with van der Waals surface area (Å²) in [5.74, 6) is 2.00. The van der Waals surface area contributed by atoms with Crippen molar-refractivity contribution in [2.75, 3.05) is 46.0 Å². The Bertz CT molecular complexity index is 1390. The van der Waals surface area contributed by atoms with Gasteiger partial charge in [-0.15, -0.1) is 0 Å². The van der Waals surface area contributed by atoms with Crippen LogP contribution in [-0.2, 0) is 15.9 Å². The monoisotopic (exact) mass is 503 g/mol. The van der Waals surface area contributed by atoms with Crippen molar-refractivity contribution in [2.24, 2.45) is 5.18 Å². The molecule has 1 N–H and O–H groups in total. The molecule has 192 valence electrons. The van der Waals surface area contributed by atoms with Gasteiger partial charge in [-0.3, -0.25) is 9.38 Å². The first-order valence-electron chi connectivity index (χ1n) is 12.1. The quantitative estimate of drug-likeness (QED) is 0.214. The average Bonchev–Trinajstić information content (AvgIpc) is 3.50. The van der Waals surface area contributed by atoms with Crippen molar-refractivity contribution < 1.29 is 18.9 Å². The minimum Gasteiger partial charge on any atom is -0.487 e. The molecule has 0 fully saturated rings. The lowest BCUT2D eigenvalue weighted by Crippen LogP contribution is -2.08. The maximum atomic E-state index is 11.2. The zero-order chi connectivity index (χ0) is 25.6. The zero-order valence-electron chi connectivity index (χ0n) is 20.8. The highest BCUT2D eigenvalue weighted by molar-refractivity contribution is 5.80. The molecule has 2 aromatic heterocycles. The Balaban J connectivity index is 1.52. The lowest BCUT2D eigenvalue weighted by Gasteiger charge is -2.15. The Morgan fingerprint density at radius 1 is 1.03 bits per heavy atom. The van der Waals surface area contributed by atoms with Gasteiger partial charge in [-0.25, -0.2) is 4.98 Å². The van der Waals surface area contributed by atoms with E-state index in [2.05, 4.69) is 21.5 Å².